The Morgan fingerprint density at radius 1 is 1.47 bits per heavy atom. The molecular formula is C11H8Cl2N4O2. The monoisotopic (exact) mass is 298 g/mol. The van der Waals surface area contributed by atoms with Gasteiger partial charge < -0.3 is 9.63 Å². The van der Waals surface area contributed by atoms with Gasteiger partial charge in [0.25, 0.3) is 0 Å². The highest BCUT2D eigenvalue weighted by Gasteiger charge is 2.16. The van der Waals surface area contributed by atoms with Gasteiger partial charge in [0, 0.05) is 6.20 Å². The highest BCUT2D eigenvalue weighted by Crippen LogP contribution is 2.25. The van der Waals surface area contributed by atoms with E-state index in [0.29, 0.717) is 15.7 Å². The van der Waals surface area contributed by atoms with Crippen molar-refractivity contribution >= 4 is 23.2 Å². The summed E-state index contributed by atoms with van der Waals surface area (Å²) in [6, 6.07) is 3.37. The second-order valence-electron chi connectivity index (χ2n) is 3.72. The summed E-state index contributed by atoms with van der Waals surface area (Å²) in [6.45, 7) is 0. The van der Waals surface area contributed by atoms with Crippen molar-refractivity contribution in [3.8, 4) is 17.6 Å². The Bertz CT molecular complexity index is 623. The first-order chi connectivity index (χ1) is 9.10. The number of nitriles is 1. The molecule has 0 saturated heterocycles. The Labute approximate surface area is 118 Å². The van der Waals surface area contributed by atoms with Gasteiger partial charge in [-0.25, -0.2) is 4.98 Å². The first-order valence-electron chi connectivity index (χ1n) is 5.29. The van der Waals surface area contributed by atoms with E-state index in [4.69, 9.17) is 33.0 Å². The van der Waals surface area contributed by atoms with E-state index in [1.807, 2.05) is 6.07 Å². The maximum atomic E-state index is 9.46. The van der Waals surface area contributed by atoms with Gasteiger partial charge in [-0.05, 0) is 6.07 Å². The van der Waals surface area contributed by atoms with Gasteiger partial charge in [-0.3, -0.25) is 0 Å². The summed E-state index contributed by atoms with van der Waals surface area (Å²) in [5, 5.41) is 22.3. The lowest BCUT2D eigenvalue weighted by molar-refractivity contribution is 0.167. The molecule has 0 fully saturated rings. The van der Waals surface area contributed by atoms with Crippen LogP contribution in [-0.4, -0.2) is 26.3 Å². The maximum absolute atomic E-state index is 9.46. The lowest BCUT2D eigenvalue weighted by Gasteiger charge is -2.00. The van der Waals surface area contributed by atoms with Gasteiger partial charge in [0.15, 0.2) is 0 Å². The summed E-state index contributed by atoms with van der Waals surface area (Å²) < 4.78 is 4.96. The second-order valence-corrected chi connectivity index (χ2v) is 4.56. The Morgan fingerprint density at radius 2 is 2.26 bits per heavy atom. The van der Waals surface area contributed by atoms with Crippen LogP contribution in [0.15, 0.2) is 16.8 Å². The zero-order valence-electron chi connectivity index (χ0n) is 9.55. The summed E-state index contributed by atoms with van der Waals surface area (Å²) in [7, 11) is 0. The van der Waals surface area contributed by atoms with Crippen LogP contribution in [0.4, 0.5) is 0 Å². The van der Waals surface area contributed by atoms with E-state index in [1.165, 1.54) is 12.3 Å². The average Bonchev–Trinajstić information content (AvgIpc) is 2.77. The molecule has 0 aromatic carbocycles. The number of halogens is 2. The molecule has 19 heavy (non-hydrogen) atoms. The zero-order chi connectivity index (χ0) is 13.8. The lowest BCUT2D eigenvalue weighted by Crippen LogP contribution is -2.09. The molecule has 0 amide bonds. The van der Waals surface area contributed by atoms with Gasteiger partial charge >= 0.3 is 0 Å². The van der Waals surface area contributed by atoms with Crippen molar-refractivity contribution in [1.82, 2.24) is 15.1 Å². The molecule has 0 spiro atoms. The molecule has 1 N–H and O–H groups in total. The maximum Gasteiger partial charge on any atom is 0.229 e. The van der Waals surface area contributed by atoms with Crippen LogP contribution in [0.2, 0.25) is 10.0 Å². The van der Waals surface area contributed by atoms with E-state index in [-0.39, 0.29) is 24.6 Å². The molecule has 98 valence electrons. The molecule has 0 aliphatic carbocycles. The fraction of sp³-hybridized carbons (Fsp3) is 0.273. The van der Waals surface area contributed by atoms with Crippen molar-refractivity contribution in [2.24, 2.45) is 0 Å². The van der Waals surface area contributed by atoms with Gasteiger partial charge in [-0.15, -0.1) is 0 Å². The third-order valence-electron chi connectivity index (χ3n) is 2.22. The van der Waals surface area contributed by atoms with Crippen LogP contribution < -0.4 is 0 Å². The van der Waals surface area contributed by atoms with Crippen molar-refractivity contribution in [1.29, 1.82) is 5.26 Å². The number of hydrogen-bond donors (Lipinski definition) is 1. The summed E-state index contributed by atoms with van der Waals surface area (Å²) in [4.78, 5) is 8.07. The molecule has 2 rings (SSSR count). The molecule has 0 bridgehead atoms. The zero-order valence-corrected chi connectivity index (χ0v) is 11.1. The fourth-order valence-corrected chi connectivity index (χ4v) is 1.86. The quantitative estimate of drug-likeness (QED) is 0.930. The standard InChI is InChI=1S/C11H8Cl2N4O2/c12-6-3-8(13)10(15-5-6)11-16-9(19-17-11)4-7(18)1-2-14/h3,5,7,18H,1,4H2. The van der Waals surface area contributed by atoms with E-state index < -0.39 is 6.10 Å². The predicted octanol–water partition coefficient (Wildman–Crippen LogP) is 2.26. The number of rotatable bonds is 4. The van der Waals surface area contributed by atoms with E-state index in [9.17, 15) is 5.11 Å². The van der Waals surface area contributed by atoms with Gasteiger partial charge in [0.2, 0.25) is 11.7 Å². The molecule has 0 saturated carbocycles. The molecule has 2 aromatic rings. The Kier molecular flexibility index (Phi) is 4.32. The fourth-order valence-electron chi connectivity index (χ4n) is 1.39. The highest BCUT2D eigenvalue weighted by molar-refractivity contribution is 6.35. The first-order valence-corrected chi connectivity index (χ1v) is 6.04. The molecule has 8 heteroatoms. The van der Waals surface area contributed by atoms with Crippen LogP contribution in [0, 0.1) is 11.3 Å². The summed E-state index contributed by atoms with van der Waals surface area (Å²) in [5.41, 5.74) is 0.343. The number of aliphatic hydroxyl groups is 1. The third-order valence-corrected chi connectivity index (χ3v) is 2.72. The first kappa shape index (κ1) is 13.7. The summed E-state index contributed by atoms with van der Waals surface area (Å²) in [5.74, 6) is 0.423. The average molecular weight is 299 g/mol. The van der Waals surface area contributed by atoms with E-state index in [2.05, 4.69) is 15.1 Å². The topological polar surface area (TPSA) is 95.8 Å². The largest absolute Gasteiger partial charge is 0.392 e. The van der Waals surface area contributed by atoms with E-state index in [0.717, 1.165) is 0 Å². The molecule has 1 atom stereocenters. The molecule has 0 aliphatic heterocycles. The Hall–Kier alpha value is -1.68. The molecule has 2 heterocycles. The summed E-state index contributed by atoms with van der Waals surface area (Å²) >= 11 is 11.7. The summed E-state index contributed by atoms with van der Waals surface area (Å²) in [6.07, 6.45) is 0.680. The number of aromatic nitrogens is 3. The number of hydrogen-bond acceptors (Lipinski definition) is 6. The van der Waals surface area contributed by atoms with Crippen molar-refractivity contribution < 1.29 is 9.63 Å². The van der Waals surface area contributed by atoms with Gasteiger partial charge in [-0.2, -0.15) is 10.2 Å². The smallest absolute Gasteiger partial charge is 0.229 e. The predicted molar refractivity (Wildman–Crippen MR) is 67.5 cm³/mol. The number of aliphatic hydroxyl groups excluding tert-OH is 1. The molecular weight excluding hydrogens is 291 g/mol. The normalized spacial score (nSPS) is 12.1. The van der Waals surface area contributed by atoms with E-state index >= 15 is 0 Å². The van der Waals surface area contributed by atoms with Gasteiger partial charge in [0.05, 0.1) is 35.1 Å². The highest BCUT2D eigenvalue weighted by atomic mass is 35.5. The van der Waals surface area contributed by atoms with Crippen molar-refractivity contribution in [3.05, 3.63) is 28.2 Å². The van der Waals surface area contributed by atoms with Gasteiger partial charge in [-0.1, -0.05) is 28.4 Å². The SMILES string of the molecule is N#CCC(O)Cc1nc(-c2ncc(Cl)cc2Cl)no1. The van der Waals surface area contributed by atoms with Crippen LogP contribution in [0.25, 0.3) is 11.5 Å². The Balaban J connectivity index is 2.19. The Morgan fingerprint density at radius 3 is 2.95 bits per heavy atom. The number of nitrogens with zero attached hydrogens (tertiary/aromatic N) is 4. The molecule has 2 aromatic heterocycles. The third kappa shape index (κ3) is 3.41. The minimum atomic E-state index is -0.841. The van der Waals surface area contributed by atoms with Crippen LogP contribution in [0.5, 0.6) is 0 Å². The van der Waals surface area contributed by atoms with Crippen molar-refractivity contribution in [3.63, 3.8) is 0 Å². The van der Waals surface area contributed by atoms with Crippen LogP contribution in [0.1, 0.15) is 12.3 Å². The van der Waals surface area contributed by atoms with Crippen LogP contribution >= 0.6 is 23.2 Å². The molecule has 6 nitrogen and oxygen atoms in total. The second kappa shape index (κ2) is 5.97. The minimum Gasteiger partial charge on any atom is -0.392 e. The van der Waals surface area contributed by atoms with Crippen LogP contribution in [-0.2, 0) is 6.42 Å². The van der Waals surface area contributed by atoms with Crippen molar-refractivity contribution in [2.45, 2.75) is 18.9 Å². The molecule has 1 unspecified atom stereocenters. The molecule has 0 aliphatic rings. The van der Waals surface area contributed by atoms with Crippen LogP contribution in [0.3, 0.4) is 0 Å². The lowest BCUT2D eigenvalue weighted by atomic mass is 10.2. The van der Waals surface area contributed by atoms with E-state index in [1.54, 1.807) is 0 Å². The molecule has 0 radical (unpaired) electrons. The van der Waals surface area contributed by atoms with Crippen molar-refractivity contribution in [2.75, 3.05) is 0 Å². The number of pyridine rings is 1. The minimum absolute atomic E-state index is 0.00232. The van der Waals surface area contributed by atoms with Gasteiger partial charge in [0.1, 0.15) is 5.69 Å².